The van der Waals surface area contributed by atoms with Gasteiger partial charge < -0.3 is 4.57 Å². The third kappa shape index (κ3) is 3.85. The number of hydrazine groups is 1. The minimum Gasteiger partial charge on any atom is -0.345 e. The summed E-state index contributed by atoms with van der Waals surface area (Å²) < 4.78 is 26.3. The summed E-state index contributed by atoms with van der Waals surface area (Å²) in [5, 5.41) is 0.288. The van der Waals surface area contributed by atoms with E-state index in [9.17, 15) is 13.2 Å². The van der Waals surface area contributed by atoms with Crippen LogP contribution in [0.1, 0.15) is 10.5 Å². The van der Waals surface area contributed by atoms with Crippen LogP contribution in [0.5, 0.6) is 0 Å². The summed E-state index contributed by atoms with van der Waals surface area (Å²) in [4.78, 5) is 13.9. The first-order valence-corrected chi connectivity index (χ1v) is 8.34. The van der Waals surface area contributed by atoms with Gasteiger partial charge in [-0.1, -0.05) is 17.7 Å². The van der Waals surface area contributed by atoms with E-state index in [4.69, 9.17) is 11.6 Å². The molecule has 6 nitrogen and oxygen atoms in total. The van der Waals surface area contributed by atoms with Crippen molar-refractivity contribution < 1.29 is 13.2 Å². The number of halogens is 2. The van der Waals surface area contributed by atoms with Crippen molar-refractivity contribution in [2.45, 2.75) is 4.90 Å². The van der Waals surface area contributed by atoms with Crippen LogP contribution in [-0.2, 0) is 17.1 Å². The number of nitrogens with zero attached hydrogens (tertiary/aromatic N) is 1. The van der Waals surface area contributed by atoms with Crippen LogP contribution in [0, 0.1) is 0 Å². The number of amides is 1. The van der Waals surface area contributed by atoms with Crippen molar-refractivity contribution in [3.05, 3.63) is 51.7 Å². The molecule has 0 saturated carbocycles. The predicted octanol–water partition coefficient (Wildman–Crippen LogP) is 2.06. The van der Waals surface area contributed by atoms with Gasteiger partial charge in [-0.3, -0.25) is 10.2 Å². The number of aromatic nitrogens is 1. The highest BCUT2D eigenvalue weighted by Crippen LogP contribution is 2.15. The molecule has 0 radical (unpaired) electrons. The first-order chi connectivity index (χ1) is 9.79. The van der Waals surface area contributed by atoms with Gasteiger partial charge in [0.05, 0.1) is 4.90 Å². The zero-order chi connectivity index (χ0) is 15.6. The molecule has 0 saturated heterocycles. The number of nitrogens with one attached hydrogen (secondary N) is 2. The Bertz CT molecular complexity index is 789. The summed E-state index contributed by atoms with van der Waals surface area (Å²) in [6, 6.07) is 7.30. The molecule has 1 heterocycles. The average molecular weight is 393 g/mol. The van der Waals surface area contributed by atoms with Crippen molar-refractivity contribution >= 4 is 43.5 Å². The zero-order valence-electron chi connectivity index (χ0n) is 10.8. The SMILES string of the molecule is Cn1cc(Br)cc1C(=O)NNS(=O)(=O)c1cccc(Cl)c1. The summed E-state index contributed by atoms with van der Waals surface area (Å²) in [6.07, 6.45) is 1.68. The Morgan fingerprint density at radius 2 is 2.05 bits per heavy atom. The number of aryl methyl sites for hydroxylation is 1. The molecule has 1 aromatic heterocycles. The normalized spacial score (nSPS) is 11.4. The highest BCUT2D eigenvalue weighted by Gasteiger charge is 2.17. The number of sulfonamides is 1. The molecular weight excluding hydrogens is 382 g/mol. The lowest BCUT2D eigenvalue weighted by atomic mass is 10.4. The van der Waals surface area contributed by atoms with Gasteiger partial charge in [0.1, 0.15) is 5.69 Å². The Labute approximate surface area is 135 Å². The molecule has 0 atom stereocenters. The van der Waals surface area contributed by atoms with Gasteiger partial charge in [-0.15, -0.1) is 4.83 Å². The first-order valence-electron chi connectivity index (χ1n) is 5.69. The average Bonchev–Trinajstić information content (AvgIpc) is 2.75. The molecule has 9 heteroatoms. The molecule has 21 heavy (non-hydrogen) atoms. The number of hydrogen-bond donors (Lipinski definition) is 2. The summed E-state index contributed by atoms with van der Waals surface area (Å²) >= 11 is 8.98. The van der Waals surface area contributed by atoms with Gasteiger partial charge in [0.25, 0.3) is 15.9 Å². The van der Waals surface area contributed by atoms with Crippen molar-refractivity contribution in [1.82, 2.24) is 14.8 Å². The van der Waals surface area contributed by atoms with Crippen LogP contribution in [0.25, 0.3) is 0 Å². The largest absolute Gasteiger partial charge is 0.345 e. The van der Waals surface area contributed by atoms with Crippen molar-refractivity contribution in [1.29, 1.82) is 0 Å². The third-order valence-corrected chi connectivity index (χ3v) is 4.52. The fourth-order valence-corrected chi connectivity index (χ4v) is 3.28. The van der Waals surface area contributed by atoms with E-state index < -0.39 is 15.9 Å². The van der Waals surface area contributed by atoms with Crippen LogP contribution in [0.2, 0.25) is 5.02 Å². The molecule has 0 bridgehead atoms. The summed E-state index contributed by atoms with van der Waals surface area (Å²) in [5.74, 6) is -0.575. The van der Waals surface area contributed by atoms with Crippen LogP contribution in [0.15, 0.2) is 45.9 Å². The Morgan fingerprint density at radius 1 is 1.33 bits per heavy atom. The van der Waals surface area contributed by atoms with Crippen molar-refractivity contribution in [3.8, 4) is 0 Å². The van der Waals surface area contributed by atoms with E-state index in [2.05, 4.69) is 21.4 Å². The molecule has 2 rings (SSSR count). The number of benzene rings is 1. The monoisotopic (exact) mass is 391 g/mol. The van der Waals surface area contributed by atoms with E-state index in [1.807, 2.05) is 4.83 Å². The smallest absolute Gasteiger partial charge is 0.282 e. The highest BCUT2D eigenvalue weighted by molar-refractivity contribution is 9.10. The first kappa shape index (κ1) is 16.0. The maximum absolute atomic E-state index is 12.0. The predicted molar refractivity (Wildman–Crippen MR) is 82.4 cm³/mol. The lowest BCUT2D eigenvalue weighted by molar-refractivity contribution is 0.0937. The van der Waals surface area contributed by atoms with Gasteiger partial charge in [-0.2, -0.15) is 0 Å². The quantitative estimate of drug-likeness (QED) is 0.782. The van der Waals surface area contributed by atoms with E-state index in [1.165, 1.54) is 18.2 Å². The molecule has 0 unspecified atom stereocenters. The van der Waals surface area contributed by atoms with E-state index in [1.54, 1.807) is 29.9 Å². The van der Waals surface area contributed by atoms with Gasteiger partial charge in [-0.05, 0) is 40.2 Å². The maximum Gasteiger partial charge on any atom is 0.282 e. The second kappa shape index (κ2) is 6.18. The van der Waals surface area contributed by atoms with Crippen molar-refractivity contribution in [2.75, 3.05) is 0 Å². The molecule has 2 aromatic rings. The van der Waals surface area contributed by atoms with Gasteiger partial charge in [0, 0.05) is 22.7 Å². The topological polar surface area (TPSA) is 80.2 Å². The molecule has 112 valence electrons. The standard InChI is InChI=1S/C12H11BrClN3O3S/c1-17-7-8(13)5-11(17)12(18)15-16-21(19,20)10-4-2-3-9(14)6-10/h2-7,16H,1H3,(H,15,18). The van der Waals surface area contributed by atoms with E-state index >= 15 is 0 Å². The summed E-state index contributed by atoms with van der Waals surface area (Å²) in [7, 11) is -2.21. The molecule has 0 aliphatic heterocycles. The van der Waals surface area contributed by atoms with Crippen LogP contribution in [0.3, 0.4) is 0 Å². The Hall–Kier alpha value is -1.35. The molecular formula is C12H11BrClN3O3S. The number of carbonyl (C=O) groups excluding carboxylic acids is 1. The van der Waals surface area contributed by atoms with Gasteiger partial charge in [0.2, 0.25) is 0 Å². The molecule has 0 fully saturated rings. The Morgan fingerprint density at radius 3 is 2.62 bits per heavy atom. The van der Waals surface area contributed by atoms with Crippen LogP contribution in [0.4, 0.5) is 0 Å². The fourth-order valence-electron chi connectivity index (χ4n) is 1.62. The Balaban J connectivity index is 2.12. The molecule has 1 amide bonds. The zero-order valence-corrected chi connectivity index (χ0v) is 14.0. The molecule has 0 spiro atoms. The van der Waals surface area contributed by atoms with Gasteiger partial charge in [0.15, 0.2) is 0 Å². The second-order valence-electron chi connectivity index (χ2n) is 4.17. The highest BCUT2D eigenvalue weighted by atomic mass is 79.9. The molecule has 2 N–H and O–H groups in total. The maximum atomic E-state index is 12.0. The molecule has 1 aromatic carbocycles. The Kier molecular flexibility index (Phi) is 4.72. The summed E-state index contributed by atoms with van der Waals surface area (Å²) in [6.45, 7) is 0. The number of hydrogen-bond acceptors (Lipinski definition) is 3. The number of rotatable bonds is 4. The van der Waals surface area contributed by atoms with Crippen LogP contribution >= 0.6 is 27.5 Å². The minimum absolute atomic E-state index is 0.0386. The van der Waals surface area contributed by atoms with E-state index in [-0.39, 0.29) is 9.92 Å². The third-order valence-electron chi connectivity index (χ3n) is 2.61. The second-order valence-corrected chi connectivity index (χ2v) is 7.21. The molecule has 0 aliphatic rings. The van der Waals surface area contributed by atoms with Crippen molar-refractivity contribution in [3.63, 3.8) is 0 Å². The van der Waals surface area contributed by atoms with Crippen molar-refractivity contribution in [2.24, 2.45) is 7.05 Å². The van der Waals surface area contributed by atoms with Gasteiger partial charge >= 0.3 is 0 Å². The minimum atomic E-state index is -3.88. The van der Waals surface area contributed by atoms with Crippen LogP contribution < -0.4 is 10.3 Å². The van der Waals surface area contributed by atoms with Gasteiger partial charge in [-0.25, -0.2) is 8.42 Å². The lowest BCUT2D eigenvalue weighted by Gasteiger charge is -2.09. The lowest BCUT2D eigenvalue weighted by Crippen LogP contribution is -2.42. The molecule has 0 aliphatic carbocycles. The number of carbonyl (C=O) groups is 1. The van der Waals surface area contributed by atoms with Crippen LogP contribution in [-0.4, -0.2) is 18.9 Å². The van der Waals surface area contributed by atoms with E-state index in [0.717, 1.165) is 0 Å². The van der Waals surface area contributed by atoms with E-state index in [0.29, 0.717) is 10.2 Å². The summed E-state index contributed by atoms with van der Waals surface area (Å²) in [5.41, 5.74) is 2.45. The fraction of sp³-hybridized carbons (Fsp3) is 0.0833.